The molecule has 110 valence electrons. The van der Waals surface area contributed by atoms with Gasteiger partial charge in [0.15, 0.2) is 5.54 Å². The van der Waals surface area contributed by atoms with Gasteiger partial charge in [-0.25, -0.2) is 14.6 Å². The molecule has 0 saturated heterocycles. The van der Waals surface area contributed by atoms with Crippen LogP contribution in [0.4, 0.5) is 4.79 Å². The van der Waals surface area contributed by atoms with Crippen molar-refractivity contribution in [3.05, 3.63) is 52.5 Å². The Bertz CT molecular complexity index is 615. The zero-order valence-electron chi connectivity index (χ0n) is 11.3. The minimum atomic E-state index is -1.61. The zero-order valence-corrected chi connectivity index (χ0v) is 12.1. The number of benzene rings is 1. The average molecular weight is 306 g/mol. The summed E-state index contributed by atoms with van der Waals surface area (Å²) < 4.78 is 5.04. The number of aliphatic carboxylic acids is 1. The molecule has 2 rings (SSSR count). The van der Waals surface area contributed by atoms with Crippen LogP contribution in [0, 0.1) is 0 Å². The Morgan fingerprint density at radius 3 is 2.67 bits per heavy atom. The summed E-state index contributed by atoms with van der Waals surface area (Å²) in [7, 11) is 0. The van der Waals surface area contributed by atoms with Gasteiger partial charge < -0.3 is 9.84 Å². The van der Waals surface area contributed by atoms with Gasteiger partial charge >= 0.3 is 12.1 Å². The Labute approximate surface area is 125 Å². The molecule has 2 aromatic rings. The van der Waals surface area contributed by atoms with Gasteiger partial charge in [-0.05, 0) is 12.5 Å². The number of rotatable bonds is 5. The second-order valence-electron chi connectivity index (χ2n) is 4.45. The number of hydrogen-bond acceptors (Lipinski definition) is 5. The van der Waals surface area contributed by atoms with Gasteiger partial charge in [0.2, 0.25) is 0 Å². The van der Waals surface area contributed by atoms with Crippen molar-refractivity contribution in [2.45, 2.75) is 19.1 Å². The Morgan fingerprint density at radius 2 is 2.10 bits per heavy atom. The van der Waals surface area contributed by atoms with Crippen molar-refractivity contribution in [2.75, 3.05) is 0 Å². The van der Waals surface area contributed by atoms with Crippen LogP contribution < -0.4 is 5.32 Å². The number of amides is 1. The van der Waals surface area contributed by atoms with E-state index < -0.39 is 17.6 Å². The predicted octanol–water partition coefficient (Wildman–Crippen LogP) is 2.37. The molecule has 1 unspecified atom stereocenters. The van der Waals surface area contributed by atoms with Crippen molar-refractivity contribution in [3.63, 3.8) is 0 Å². The lowest BCUT2D eigenvalue weighted by Gasteiger charge is -2.23. The number of carbonyl (C=O) groups excluding carboxylic acids is 1. The molecule has 0 aliphatic rings. The van der Waals surface area contributed by atoms with Gasteiger partial charge in [-0.15, -0.1) is 11.3 Å². The normalized spacial score (nSPS) is 13.2. The van der Waals surface area contributed by atoms with Crippen LogP contribution in [-0.2, 0) is 21.7 Å². The third-order valence-electron chi connectivity index (χ3n) is 2.85. The lowest BCUT2D eigenvalue weighted by molar-refractivity contribution is -0.144. The van der Waals surface area contributed by atoms with Gasteiger partial charge in [0.1, 0.15) is 11.6 Å². The van der Waals surface area contributed by atoms with Crippen LogP contribution in [0.2, 0.25) is 0 Å². The van der Waals surface area contributed by atoms with E-state index in [1.54, 1.807) is 5.38 Å². The minimum absolute atomic E-state index is 0.0697. The summed E-state index contributed by atoms with van der Waals surface area (Å²) in [6, 6.07) is 9.13. The van der Waals surface area contributed by atoms with E-state index in [1.165, 1.54) is 13.1 Å². The first kappa shape index (κ1) is 15.0. The third-order valence-corrected chi connectivity index (χ3v) is 3.85. The number of nitrogens with zero attached hydrogens (tertiary/aromatic N) is 1. The fraction of sp³-hybridized carbons (Fsp3) is 0.214. The first-order valence-electron chi connectivity index (χ1n) is 6.14. The molecule has 6 nitrogen and oxygen atoms in total. The highest BCUT2D eigenvalue weighted by atomic mass is 32.1. The van der Waals surface area contributed by atoms with Gasteiger partial charge in [0.25, 0.3) is 0 Å². The van der Waals surface area contributed by atoms with Crippen LogP contribution in [0.15, 0.2) is 41.9 Å². The van der Waals surface area contributed by atoms with E-state index >= 15 is 0 Å². The number of hydrogen-bond donors (Lipinski definition) is 2. The Hall–Kier alpha value is -2.41. The van der Waals surface area contributed by atoms with E-state index in [9.17, 15) is 14.7 Å². The molecule has 2 N–H and O–H groups in total. The number of nitrogens with one attached hydrogen (secondary N) is 1. The summed E-state index contributed by atoms with van der Waals surface area (Å²) in [5.74, 6) is -1.20. The van der Waals surface area contributed by atoms with Crippen molar-refractivity contribution in [2.24, 2.45) is 0 Å². The lowest BCUT2D eigenvalue weighted by atomic mass is 10.0. The number of aromatic nitrogens is 1. The van der Waals surface area contributed by atoms with Gasteiger partial charge in [-0.2, -0.15) is 0 Å². The standard InChI is InChI=1S/C14H14N2O4S/c1-14(12(17)18,11-15-7-8-21-11)16-13(19)20-9-10-5-3-2-4-6-10/h2-8H,9H2,1H3,(H,16,19)(H,17,18). The number of thiazole rings is 1. The maximum Gasteiger partial charge on any atom is 0.408 e. The highest BCUT2D eigenvalue weighted by Gasteiger charge is 2.40. The van der Waals surface area contributed by atoms with E-state index in [1.807, 2.05) is 30.3 Å². The molecule has 0 aliphatic heterocycles. The molecule has 0 aliphatic carbocycles. The van der Waals surface area contributed by atoms with E-state index in [0.717, 1.165) is 16.9 Å². The van der Waals surface area contributed by atoms with Crippen LogP contribution in [0.5, 0.6) is 0 Å². The molecule has 1 atom stereocenters. The number of carbonyl (C=O) groups is 2. The van der Waals surface area contributed by atoms with Crippen molar-refractivity contribution >= 4 is 23.4 Å². The molecule has 0 spiro atoms. The van der Waals surface area contributed by atoms with Gasteiger partial charge in [0.05, 0.1) is 0 Å². The van der Waals surface area contributed by atoms with Crippen LogP contribution in [0.3, 0.4) is 0 Å². The fourth-order valence-electron chi connectivity index (χ4n) is 1.63. The summed E-state index contributed by atoms with van der Waals surface area (Å²) in [5.41, 5.74) is -0.791. The van der Waals surface area contributed by atoms with Gasteiger partial charge in [0, 0.05) is 11.6 Å². The molecule has 0 fully saturated rings. The van der Waals surface area contributed by atoms with Crippen molar-refractivity contribution in [3.8, 4) is 0 Å². The maximum atomic E-state index is 11.8. The fourth-order valence-corrected chi connectivity index (χ4v) is 2.38. The SMILES string of the molecule is CC(NC(=O)OCc1ccccc1)(C(=O)O)c1nccs1. The number of ether oxygens (including phenoxy) is 1. The largest absolute Gasteiger partial charge is 0.479 e. The molecule has 21 heavy (non-hydrogen) atoms. The molecule has 7 heteroatoms. The van der Waals surface area contributed by atoms with Crippen molar-refractivity contribution in [1.29, 1.82) is 0 Å². The van der Waals surface area contributed by atoms with Crippen LogP contribution in [0.1, 0.15) is 17.5 Å². The molecule has 1 heterocycles. The van der Waals surface area contributed by atoms with E-state index in [-0.39, 0.29) is 11.6 Å². The topological polar surface area (TPSA) is 88.5 Å². The highest BCUT2D eigenvalue weighted by Crippen LogP contribution is 2.23. The first-order chi connectivity index (χ1) is 10.0. The summed E-state index contributed by atoms with van der Waals surface area (Å²) >= 11 is 1.15. The molecular weight excluding hydrogens is 292 g/mol. The summed E-state index contributed by atoms with van der Waals surface area (Å²) in [6.07, 6.45) is 0.678. The maximum absolute atomic E-state index is 11.8. The molecule has 1 aromatic heterocycles. The van der Waals surface area contributed by atoms with Crippen molar-refractivity contribution < 1.29 is 19.4 Å². The summed E-state index contributed by atoms with van der Waals surface area (Å²) in [4.78, 5) is 27.2. The third kappa shape index (κ3) is 3.57. The van der Waals surface area contributed by atoms with Crippen molar-refractivity contribution in [1.82, 2.24) is 10.3 Å². The second-order valence-corrected chi connectivity index (χ2v) is 5.35. The van der Waals surface area contributed by atoms with E-state index in [2.05, 4.69) is 10.3 Å². The Balaban J connectivity index is 2.01. The van der Waals surface area contributed by atoms with Crippen LogP contribution >= 0.6 is 11.3 Å². The lowest BCUT2D eigenvalue weighted by Crippen LogP contribution is -2.49. The predicted molar refractivity (Wildman–Crippen MR) is 76.9 cm³/mol. The van der Waals surface area contributed by atoms with Crippen LogP contribution in [-0.4, -0.2) is 22.2 Å². The quantitative estimate of drug-likeness (QED) is 0.885. The molecule has 0 saturated carbocycles. The zero-order chi connectivity index (χ0) is 15.3. The smallest absolute Gasteiger partial charge is 0.408 e. The van der Waals surface area contributed by atoms with Crippen LogP contribution in [0.25, 0.3) is 0 Å². The number of alkyl carbamates (subject to hydrolysis) is 1. The molecule has 1 aromatic carbocycles. The second kappa shape index (κ2) is 6.36. The minimum Gasteiger partial charge on any atom is -0.479 e. The van der Waals surface area contributed by atoms with Gasteiger partial charge in [-0.1, -0.05) is 30.3 Å². The number of carboxylic acid groups (broad SMARTS) is 1. The molecule has 0 radical (unpaired) electrons. The Morgan fingerprint density at radius 1 is 1.38 bits per heavy atom. The molecular formula is C14H14N2O4S. The number of carboxylic acids is 1. The summed E-state index contributed by atoms with van der Waals surface area (Å²) in [5, 5.41) is 13.6. The molecule has 1 amide bonds. The first-order valence-corrected chi connectivity index (χ1v) is 7.02. The molecule has 0 bridgehead atoms. The highest BCUT2D eigenvalue weighted by molar-refractivity contribution is 7.09. The van der Waals surface area contributed by atoms with E-state index in [0.29, 0.717) is 0 Å². The summed E-state index contributed by atoms with van der Waals surface area (Å²) in [6.45, 7) is 1.44. The Kier molecular flexibility index (Phi) is 4.54. The van der Waals surface area contributed by atoms with E-state index in [4.69, 9.17) is 4.74 Å². The van der Waals surface area contributed by atoms with Gasteiger partial charge in [-0.3, -0.25) is 5.32 Å². The monoisotopic (exact) mass is 306 g/mol. The average Bonchev–Trinajstić information content (AvgIpc) is 3.00.